The molecule has 1 aliphatic rings. The summed E-state index contributed by atoms with van der Waals surface area (Å²) in [7, 11) is 0. The van der Waals surface area contributed by atoms with Gasteiger partial charge in [-0.3, -0.25) is 19.7 Å². The summed E-state index contributed by atoms with van der Waals surface area (Å²) < 4.78 is 11.5. The van der Waals surface area contributed by atoms with Crippen LogP contribution in [0.25, 0.3) is 6.08 Å². The summed E-state index contributed by atoms with van der Waals surface area (Å²) >= 11 is 1.09. The molecule has 1 N–H and O–H groups in total. The van der Waals surface area contributed by atoms with Crippen molar-refractivity contribution in [3.63, 3.8) is 0 Å². The van der Waals surface area contributed by atoms with E-state index in [1.807, 2.05) is 6.92 Å². The van der Waals surface area contributed by atoms with Gasteiger partial charge in [0, 0.05) is 19.1 Å². The number of hydrogen-bond donors (Lipinski definition) is 1. The molecule has 0 bridgehead atoms. The highest BCUT2D eigenvalue weighted by atomic mass is 32.2. The lowest BCUT2D eigenvalue weighted by atomic mass is 10.1. The Hall–Kier alpha value is -3.66. The molecular formula is C21H19N3O6S. The van der Waals surface area contributed by atoms with Gasteiger partial charge in [-0.15, -0.1) is 0 Å². The molecule has 31 heavy (non-hydrogen) atoms. The first-order chi connectivity index (χ1) is 14.9. The maximum Gasteiger partial charge on any atom is 0.286 e. The van der Waals surface area contributed by atoms with Crippen molar-refractivity contribution in [2.75, 3.05) is 6.61 Å². The monoisotopic (exact) mass is 441 g/mol. The first kappa shape index (κ1) is 22.0. The Morgan fingerprint density at radius 2 is 1.94 bits per heavy atom. The van der Waals surface area contributed by atoms with Gasteiger partial charge in [-0.2, -0.15) is 4.99 Å². The van der Waals surface area contributed by atoms with E-state index in [0.717, 1.165) is 17.3 Å². The van der Waals surface area contributed by atoms with Crippen LogP contribution in [0.5, 0.6) is 11.5 Å². The smallest absolute Gasteiger partial charge is 0.286 e. The zero-order valence-electron chi connectivity index (χ0n) is 16.8. The van der Waals surface area contributed by atoms with Gasteiger partial charge >= 0.3 is 0 Å². The standard InChI is InChI=1S/C21H19N3O6S/c1-3-29-18-10-15(11-19-20(26)23-21(31-19)22-13(2)25)6-9-17(18)30-12-14-4-7-16(8-5-14)24(27)28/h4-11H,3,12H2,1-2H3,(H,22,23,25,26)/b19-11-. The van der Waals surface area contributed by atoms with Crippen LogP contribution in [-0.4, -0.2) is 28.5 Å². The van der Waals surface area contributed by atoms with E-state index in [4.69, 9.17) is 9.47 Å². The molecule has 9 nitrogen and oxygen atoms in total. The highest BCUT2D eigenvalue weighted by Crippen LogP contribution is 2.33. The summed E-state index contributed by atoms with van der Waals surface area (Å²) in [6.45, 7) is 3.81. The zero-order chi connectivity index (χ0) is 22.4. The summed E-state index contributed by atoms with van der Waals surface area (Å²) in [5.74, 6) is 0.277. The van der Waals surface area contributed by atoms with Gasteiger partial charge in [0.15, 0.2) is 16.7 Å². The number of hydrogen-bond acceptors (Lipinski definition) is 7. The third-order valence-corrected chi connectivity index (χ3v) is 4.91. The summed E-state index contributed by atoms with van der Waals surface area (Å²) in [6, 6.07) is 11.3. The van der Waals surface area contributed by atoms with Gasteiger partial charge in [-0.05, 0) is 60.2 Å². The molecule has 2 aromatic carbocycles. The molecule has 3 rings (SSSR count). The number of nitro benzene ring substituents is 1. The molecule has 2 aromatic rings. The number of benzene rings is 2. The van der Waals surface area contributed by atoms with Crippen molar-refractivity contribution in [3.05, 3.63) is 68.6 Å². The highest BCUT2D eigenvalue weighted by Gasteiger charge is 2.22. The number of non-ortho nitro benzene ring substituents is 1. The molecule has 0 spiro atoms. The van der Waals surface area contributed by atoms with Crippen LogP contribution in [0.4, 0.5) is 5.69 Å². The molecule has 0 unspecified atom stereocenters. The number of carbonyl (C=O) groups excluding carboxylic acids is 2. The van der Waals surface area contributed by atoms with Crippen LogP contribution in [0, 0.1) is 10.1 Å². The lowest BCUT2D eigenvalue weighted by Gasteiger charge is -2.13. The Bertz CT molecular complexity index is 1080. The van der Waals surface area contributed by atoms with E-state index in [1.54, 1.807) is 36.4 Å². The van der Waals surface area contributed by atoms with E-state index < -0.39 is 10.8 Å². The minimum absolute atomic E-state index is 0.0149. The second-order valence-electron chi connectivity index (χ2n) is 6.37. The van der Waals surface area contributed by atoms with E-state index in [-0.39, 0.29) is 23.4 Å². The largest absolute Gasteiger partial charge is 0.490 e. The van der Waals surface area contributed by atoms with Crippen LogP contribution >= 0.6 is 11.8 Å². The second-order valence-corrected chi connectivity index (χ2v) is 7.40. The van der Waals surface area contributed by atoms with Crippen molar-refractivity contribution < 1.29 is 24.0 Å². The highest BCUT2D eigenvalue weighted by molar-refractivity contribution is 8.18. The predicted octanol–water partition coefficient (Wildman–Crippen LogP) is 3.68. The minimum Gasteiger partial charge on any atom is -0.490 e. The van der Waals surface area contributed by atoms with Crippen molar-refractivity contribution in [1.82, 2.24) is 5.32 Å². The third kappa shape index (κ3) is 5.92. The molecule has 10 heteroatoms. The van der Waals surface area contributed by atoms with Crippen molar-refractivity contribution in [3.8, 4) is 11.5 Å². The SMILES string of the molecule is CCOc1cc(/C=C2\SC(NC(C)=O)=NC2=O)ccc1OCc1ccc([N+](=O)[O-])cc1. The van der Waals surface area contributed by atoms with Crippen molar-refractivity contribution in [2.45, 2.75) is 20.5 Å². The summed E-state index contributed by atoms with van der Waals surface area (Å²) in [5.41, 5.74) is 1.50. The average molecular weight is 441 g/mol. The second kappa shape index (κ2) is 9.90. The minimum atomic E-state index is -0.456. The van der Waals surface area contributed by atoms with Crippen LogP contribution in [0.3, 0.4) is 0 Å². The molecule has 0 fully saturated rings. The molecule has 0 aliphatic carbocycles. The average Bonchev–Trinajstić information content (AvgIpc) is 3.05. The first-order valence-electron chi connectivity index (χ1n) is 9.29. The molecule has 0 atom stereocenters. The molecule has 160 valence electrons. The number of nitrogens with zero attached hydrogens (tertiary/aromatic N) is 2. The van der Waals surface area contributed by atoms with Crippen LogP contribution in [0.15, 0.2) is 52.4 Å². The fraction of sp³-hybridized carbons (Fsp3) is 0.190. The lowest BCUT2D eigenvalue weighted by Crippen LogP contribution is -2.23. The van der Waals surface area contributed by atoms with Gasteiger partial charge in [0.25, 0.3) is 11.6 Å². The van der Waals surface area contributed by atoms with Gasteiger partial charge in [-0.25, -0.2) is 0 Å². The summed E-state index contributed by atoms with van der Waals surface area (Å²) in [4.78, 5) is 37.7. The number of nitrogens with one attached hydrogen (secondary N) is 1. The molecule has 0 saturated heterocycles. The van der Waals surface area contributed by atoms with E-state index >= 15 is 0 Å². The third-order valence-electron chi connectivity index (χ3n) is 4.01. The number of ether oxygens (including phenoxy) is 2. The van der Waals surface area contributed by atoms with Crippen molar-refractivity contribution >= 4 is 40.5 Å². The molecule has 1 aliphatic heterocycles. The molecule has 2 amide bonds. The van der Waals surface area contributed by atoms with Crippen LogP contribution < -0.4 is 14.8 Å². The fourth-order valence-corrected chi connectivity index (χ4v) is 3.50. The van der Waals surface area contributed by atoms with Crippen molar-refractivity contribution in [2.24, 2.45) is 4.99 Å². The molecule has 0 aromatic heterocycles. The number of nitro groups is 1. The summed E-state index contributed by atoms with van der Waals surface area (Å²) in [6.07, 6.45) is 1.66. The first-order valence-corrected chi connectivity index (χ1v) is 10.1. The number of rotatable bonds is 7. The van der Waals surface area contributed by atoms with Crippen LogP contribution in [0.1, 0.15) is 25.0 Å². The number of carbonyl (C=O) groups is 2. The van der Waals surface area contributed by atoms with E-state index in [9.17, 15) is 19.7 Å². The van der Waals surface area contributed by atoms with Gasteiger partial charge < -0.3 is 14.8 Å². The normalized spacial score (nSPS) is 14.3. The maximum atomic E-state index is 12.0. The fourth-order valence-electron chi connectivity index (χ4n) is 2.64. The van der Waals surface area contributed by atoms with Crippen LogP contribution in [0.2, 0.25) is 0 Å². The van der Waals surface area contributed by atoms with Gasteiger partial charge in [0.05, 0.1) is 16.4 Å². The summed E-state index contributed by atoms with van der Waals surface area (Å²) in [5, 5.41) is 13.5. The number of thioether (sulfide) groups is 1. The van der Waals surface area contributed by atoms with Crippen molar-refractivity contribution in [1.29, 1.82) is 0 Å². The molecule has 0 radical (unpaired) electrons. The number of amides is 2. The van der Waals surface area contributed by atoms with E-state index in [2.05, 4.69) is 10.3 Å². The van der Waals surface area contributed by atoms with E-state index in [0.29, 0.717) is 28.6 Å². The van der Waals surface area contributed by atoms with Crippen LogP contribution in [-0.2, 0) is 16.2 Å². The maximum absolute atomic E-state index is 12.0. The Morgan fingerprint density at radius 1 is 1.19 bits per heavy atom. The Labute approximate surface area is 182 Å². The molecule has 1 heterocycles. The Kier molecular flexibility index (Phi) is 7.03. The topological polar surface area (TPSA) is 120 Å². The van der Waals surface area contributed by atoms with Gasteiger partial charge in [-0.1, -0.05) is 6.07 Å². The zero-order valence-corrected chi connectivity index (χ0v) is 17.6. The Balaban J connectivity index is 1.73. The van der Waals surface area contributed by atoms with E-state index in [1.165, 1.54) is 19.1 Å². The number of amidine groups is 1. The quantitative estimate of drug-likeness (QED) is 0.395. The number of aliphatic imine (C=N–C) groups is 1. The Morgan fingerprint density at radius 3 is 2.58 bits per heavy atom. The van der Waals surface area contributed by atoms with Gasteiger partial charge in [0.1, 0.15) is 6.61 Å². The predicted molar refractivity (Wildman–Crippen MR) is 117 cm³/mol. The lowest BCUT2D eigenvalue weighted by molar-refractivity contribution is -0.384. The molecular weight excluding hydrogens is 422 g/mol. The van der Waals surface area contributed by atoms with Gasteiger partial charge in [0.2, 0.25) is 5.91 Å². The molecule has 0 saturated carbocycles.